The zero-order valence-corrected chi connectivity index (χ0v) is 10.2. The summed E-state index contributed by atoms with van der Waals surface area (Å²) in [5.41, 5.74) is 2.36. The molecule has 0 saturated heterocycles. The number of hydrogen-bond donors (Lipinski definition) is 2. The summed E-state index contributed by atoms with van der Waals surface area (Å²) in [7, 11) is 0. The molecular weight excluding hydrogens is 206 g/mol. The first-order valence-corrected chi connectivity index (χ1v) is 5.35. The molecule has 1 aromatic rings. The van der Waals surface area contributed by atoms with Gasteiger partial charge in [0.2, 0.25) is 0 Å². The van der Waals surface area contributed by atoms with Gasteiger partial charge in [0.25, 0.3) is 0 Å². The molecule has 1 rings (SSSR count). The number of hydrogen-bond acceptors (Lipinski definition) is 2. The van der Waals surface area contributed by atoms with Crippen LogP contribution >= 0.6 is 12.2 Å². The summed E-state index contributed by atoms with van der Waals surface area (Å²) in [6, 6.07) is 8.09. The van der Waals surface area contributed by atoms with E-state index in [1.807, 2.05) is 12.1 Å². The fourth-order valence-electron chi connectivity index (χ4n) is 1.25. The van der Waals surface area contributed by atoms with Crippen LogP contribution in [-0.4, -0.2) is 16.7 Å². The van der Waals surface area contributed by atoms with Crippen LogP contribution in [0.4, 0.5) is 5.69 Å². The molecule has 0 fully saturated rings. The third-order valence-corrected chi connectivity index (χ3v) is 2.41. The second-order valence-corrected chi connectivity index (χ2v) is 5.03. The van der Waals surface area contributed by atoms with Crippen LogP contribution in [0.2, 0.25) is 0 Å². The van der Waals surface area contributed by atoms with Gasteiger partial charge in [-0.15, -0.1) is 0 Å². The summed E-state index contributed by atoms with van der Waals surface area (Å²) in [6.45, 7) is 6.41. The predicted molar refractivity (Wildman–Crippen MR) is 68.4 cm³/mol. The van der Waals surface area contributed by atoms with Gasteiger partial charge in [-0.2, -0.15) is 0 Å². The van der Waals surface area contributed by atoms with Crippen LogP contribution < -0.4 is 5.32 Å². The third-order valence-electron chi connectivity index (χ3n) is 2.18. The number of rotatable bonds is 2. The molecule has 1 aromatic carbocycles. The molecule has 0 unspecified atom stereocenters. The Bertz CT molecular complexity index is 338. The van der Waals surface area contributed by atoms with Crippen molar-refractivity contribution in [3.8, 4) is 0 Å². The number of benzene rings is 1. The highest BCUT2D eigenvalue weighted by atomic mass is 32.1. The first-order valence-electron chi connectivity index (χ1n) is 4.95. The van der Waals surface area contributed by atoms with Gasteiger partial charge in [0.15, 0.2) is 0 Å². The summed E-state index contributed by atoms with van der Waals surface area (Å²) >= 11 is 4.88. The van der Waals surface area contributed by atoms with Crippen LogP contribution in [0.5, 0.6) is 0 Å². The maximum atomic E-state index is 8.78. The predicted octanol–water partition coefficient (Wildman–Crippen LogP) is 2.72. The van der Waals surface area contributed by atoms with Crippen molar-refractivity contribution >= 4 is 22.9 Å². The van der Waals surface area contributed by atoms with Crippen LogP contribution in [0.3, 0.4) is 0 Å². The third kappa shape index (κ3) is 3.61. The molecule has 3 heteroatoms. The Kier molecular flexibility index (Phi) is 3.83. The van der Waals surface area contributed by atoms with E-state index in [1.54, 1.807) is 0 Å². The number of aliphatic hydroxyl groups is 1. The number of aliphatic hydroxyl groups excluding tert-OH is 1. The lowest BCUT2D eigenvalue weighted by atomic mass is 9.87. The highest BCUT2D eigenvalue weighted by molar-refractivity contribution is 7.80. The molecule has 0 aromatic heterocycles. The van der Waals surface area contributed by atoms with Gasteiger partial charge in [-0.05, 0) is 23.1 Å². The molecule has 0 atom stereocenters. The zero-order chi connectivity index (χ0) is 11.5. The molecule has 2 nitrogen and oxygen atoms in total. The van der Waals surface area contributed by atoms with E-state index in [-0.39, 0.29) is 12.0 Å². The van der Waals surface area contributed by atoms with Crippen LogP contribution in [0.25, 0.3) is 0 Å². The van der Waals surface area contributed by atoms with Gasteiger partial charge in [0.05, 0.1) is 6.61 Å². The molecule has 0 aliphatic rings. The Morgan fingerprint density at radius 2 is 1.80 bits per heavy atom. The summed E-state index contributed by atoms with van der Waals surface area (Å²) in [5, 5.41) is 11.7. The van der Waals surface area contributed by atoms with Crippen molar-refractivity contribution in [2.24, 2.45) is 0 Å². The second kappa shape index (κ2) is 4.73. The highest BCUT2D eigenvalue weighted by Crippen LogP contribution is 2.23. The Morgan fingerprint density at radius 3 is 2.20 bits per heavy atom. The molecule has 0 bridgehead atoms. The largest absolute Gasteiger partial charge is 0.389 e. The second-order valence-electron chi connectivity index (χ2n) is 4.53. The smallest absolute Gasteiger partial charge is 0.106 e. The quantitative estimate of drug-likeness (QED) is 0.756. The van der Waals surface area contributed by atoms with Crippen molar-refractivity contribution in [2.75, 3.05) is 11.9 Å². The van der Waals surface area contributed by atoms with Crippen molar-refractivity contribution in [1.29, 1.82) is 0 Å². The van der Waals surface area contributed by atoms with Gasteiger partial charge in [-0.1, -0.05) is 45.1 Å². The van der Waals surface area contributed by atoms with Gasteiger partial charge < -0.3 is 10.4 Å². The molecule has 0 aliphatic carbocycles. The Labute approximate surface area is 96.3 Å². The summed E-state index contributed by atoms with van der Waals surface area (Å²) in [4.78, 5) is 0.443. The van der Waals surface area contributed by atoms with Gasteiger partial charge >= 0.3 is 0 Å². The topological polar surface area (TPSA) is 32.3 Å². The molecule has 0 spiro atoms. The van der Waals surface area contributed by atoms with Crippen LogP contribution in [0, 0.1) is 0 Å². The van der Waals surface area contributed by atoms with Crippen molar-refractivity contribution in [1.82, 2.24) is 0 Å². The molecule has 0 radical (unpaired) electrons. The first kappa shape index (κ1) is 12.1. The minimum atomic E-state index is -0.115. The lowest BCUT2D eigenvalue weighted by Gasteiger charge is -2.19. The van der Waals surface area contributed by atoms with Crippen LogP contribution in [0.1, 0.15) is 26.3 Å². The monoisotopic (exact) mass is 223 g/mol. The first-order chi connectivity index (χ1) is 6.93. The van der Waals surface area contributed by atoms with Crippen molar-refractivity contribution in [3.63, 3.8) is 0 Å². The van der Waals surface area contributed by atoms with Crippen molar-refractivity contribution < 1.29 is 5.11 Å². The van der Waals surface area contributed by atoms with E-state index in [9.17, 15) is 0 Å². The molecule has 82 valence electrons. The van der Waals surface area contributed by atoms with Gasteiger partial charge in [0, 0.05) is 5.69 Å². The van der Waals surface area contributed by atoms with E-state index >= 15 is 0 Å². The Hall–Kier alpha value is -0.930. The molecule has 0 aliphatic heterocycles. The summed E-state index contributed by atoms with van der Waals surface area (Å²) in [5.74, 6) is 0. The zero-order valence-electron chi connectivity index (χ0n) is 9.37. The molecule has 0 heterocycles. The SMILES string of the molecule is CC(C)(C)c1ccc(NC(=S)CO)cc1. The lowest BCUT2D eigenvalue weighted by molar-refractivity contribution is 0.359. The molecule has 15 heavy (non-hydrogen) atoms. The normalized spacial score (nSPS) is 11.2. The molecular formula is C12H17NOS. The summed E-state index contributed by atoms with van der Waals surface area (Å²) in [6.07, 6.45) is 0. The average Bonchev–Trinajstić information content (AvgIpc) is 2.17. The number of nitrogens with one attached hydrogen (secondary N) is 1. The van der Waals surface area contributed by atoms with E-state index in [4.69, 9.17) is 17.3 Å². The van der Waals surface area contributed by atoms with Crippen LogP contribution in [-0.2, 0) is 5.41 Å². The Balaban J connectivity index is 2.77. The van der Waals surface area contributed by atoms with E-state index in [1.165, 1.54) is 5.56 Å². The molecule has 0 saturated carbocycles. The van der Waals surface area contributed by atoms with Crippen molar-refractivity contribution in [2.45, 2.75) is 26.2 Å². The molecule has 2 N–H and O–H groups in total. The van der Waals surface area contributed by atoms with Crippen molar-refractivity contribution in [3.05, 3.63) is 29.8 Å². The standard InChI is InChI=1S/C12H17NOS/c1-12(2,3)9-4-6-10(7-5-9)13-11(15)8-14/h4-7,14H,8H2,1-3H3,(H,13,15). The highest BCUT2D eigenvalue weighted by Gasteiger charge is 2.12. The maximum Gasteiger partial charge on any atom is 0.106 e. The minimum Gasteiger partial charge on any atom is -0.389 e. The minimum absolute atomic E-state index is 0.115. The maximum absolute atomic E-state index is 8.78. The van der Waals surface area contributed by atoms with E-state index in [0.717, 1.165) is 5.69 Å². The van der Waals surface area contributed by atoms with Gasteiger partial charge in [-0.3, -0.25) is 0 Å². The average molecular weight is 223 g/mol. The summed E-state index contributed by atoms with van der Waals surface area (Å²) < 4.78 is 0. The van der Waals surface area contributed by atoms with E-state index in [2.05, 4.69) is 38.2 Å². The Morgan fingerprint density at radius 1 is 1.27 bits per heavy atom. The molecule has 0 amide bonds. The lowest BCUT2D eigenvalue weighted by Crippen LogP contribution is -2.14. The van der Waals surface area contributed by atoms with E-state index in [0.29, 0.717) is 4.99 Å². The van der Waals surface area contributed by atoms with Gasteiger partial charge in [0.1, 0.15) is 4.99 Å². The number of thiocarbonyl (C=S) groups is 1. The van der Waals surface area contributed by atoms with Crippen LogP contribution in [0.15, 0.2) is 24.3 Å². The number of anilines is 1. The fraction of sp³-hybridized carbons (Fsp3) is 0.417. The fourth-order valence-corrected chi connectivity index (χ4v) is 1.37. The van der Waals surface area contributed by atoms with Gasteiger partial charge in [-0.25, -0.2) is 0 Å². The van der Waals surface area contributed by atoms with E-state index < -0.39 is 0 Å².